The monoisotopic (exact) mass is 254 g/mol. The fourth-order valence-corrected chi connectivity index (χ4v) is 0.736. The number of rotatable bonds is 5. The number of halogens is 1. The Labute approximate surface area is 135 Å². The van der Waals surface area contributed by atoms with Crippen molar-refractivity contribution in [3.63, 3.8) is 0 Å². The average molecular weight is 255 g/mol. The number of hydrogen-bond donors (Lipinski definition) is 0. The van der Waals surface area contributed by atoms with E-state index >= 15 is 0 Å². The summed E-state index contributed by atoms with van der Waals surface area (Å²) >= 11 is 4.61. The van der Waals surface area contributed by atoms with Gasteiger partial charge in [-0.15, -0.1) is 0 Å². The second kappa shape index (κ2) is 11.2. The SMILES string of the molecule is O=C([O-])CC(CC(=O)OCl)C(=O)[O-].[Na+].[Na+]. The van der Waals surface area contributed by atoms with Crippen LogP contribution >= 0.6 is 11.9 Å². The van der Waals surface area contributed by atoms with E-state index in [1.807, 2.05) is 0 Å². The van der Waals surface area contributed by atoms with Gasteiger partial charge in [-0.25, -0.2) is 0 Å². The summed E-state index contributed by atoms with van der Waals surface area (Å²) < 4.78 is 3.64. The summed E-state index contributed by atoms with van der Waals surface area (Å²) in [7, 11) is 0. The number of carboxylic acid groups (broad SMARTS) is 2. The van der Waals surface area contributed by atoms with Gasteiger partial charge in [-0.3, -0.25) is 4.79 Å². The van der Waals surface area contributed by atoms with Crippen molar-refractivity contribution in [2.75, 3.05) is 0 Å². The van der Waals surface area contributed by atoms with Crippen LogP contribution in [-0.2, 0) is 18.7 Å². The molecule has 15 heavy (non-hydrogen) atoms. The topological polar surface area (TPSA) is 107 Å². The Morgan fingerprint density at radius 2 is 1.60 bits per heavy atom. The van der Waals surface area contributed by atoms with Gasteiger partial charge in [0.2, 0.25) is 0 Å². The van der Waals surface area contributed by atoms with Crippen molar-refractivity contribution < 1.29 is 88.0 Å². The molecule has 0 aromatic rings. The maximum absolute atomic E-state index is 10.4. The van der Waals surface area contributed by atoms with Gasteiger partial charge in [0.05, 0.1) is 6.42 Å². The van der Waals surface area contributed by atoms with Gasteiger partial charge in [0.15, 0.2) is 0 Å². The fourth-order valence-electron chi connectivity index (χ4n) is 0.673. The van der Waals surface area contributed by atoms with E-state index in [1.54, 1.807) is 0 Å². The van der Waals surface area contributed by atoms with Crippen molar-refractivity contribution >= 4 is 29.8 Å². The molecule has 0 radical (unpaired) electrons. The van der Waals surface area contributed by atoms with E-state index in [1.165, 1.54) is 0 Å². The molecule has 0 bridgehead atoms. The van der Waals surface area contributed by atoms with Gasteiger partial charge in [-0.05, 0) is 6.42 Å². The van der Waals surface area contributed by atoms with Crippen LogP contribution in [0.25, 0.3) is 0 Å². The van der Waals surface area contributed by atoms with Gasteiger partial charge in [-0.2, -0.15) is 0 Å². The first kappa shape index (κ1) is 21.0. The smallest absolute Gasteiger partial charge is 0.550 e. The van der Waals surface area contributed by atoms with Gasteiger partial charge in [0.1, 0.15) is 11.9 Å². The summed E-state index contributed by atoms with van der Waals surface area (Å²) in [6.07, 6.45) is -1.46. The molecule has 74 valence electrons. The van der Waals surface area contributed by atoms with Gasteiger partial charge in [-0.1, -0.05) is 0 Å². The first-order valence-corrected chi connectivity index (χ1v) is 3.50. The third-order valence-corrected chi connectivity index (χ3v) is 1.42. The zero-order chi connectivity index (χ0) is 10.4. The summed E-state index contributed by atoms with van der Waals surface area (Å²) in [6, 6.07) is 0. The number of carboxylic acids is 2. The Morgan fingerprint density at radius 1 is 1.13 bits per heavy atom. The van der Waals surface area contributed by atoms with Crippen LogP contribution in [0.15, 0.2) is 0 Å². The van der Waals surface area contributed by atoms with Crippen molar-refractivity contribution in [3.05, 3.63) is 0 Å². The number of carbonyl (C=O) groups is 3. The van der Waals surface area contributed by atoms with E-state index in [2.05, 4.69) is 16.2 Å². The minimum absolute atomic E-state index is 0. The predicted octanol–water partition coefficient (Wildman–Crippen LogP) is -8.41. The number of hydrogen-bond acceptors (Lipinski definition) is 6. The van der Waals surface area contributed by atoms with E-state index < -0.39 is 36.7 Å². The zero-order valence-electron chi connectivity index (χ0n) is 8.32. The molecule has 0 spiro atoms. The largest absolute Gasteiger partial charge is 1.00 e. The third-order valence-electron chi connectivity index (χ3n) is 1.25. The van der Waals surface area contributed by atoms with Crippen LogP contribution in [0.5, 0.6) is 0 Å². The summed E-state index contributed by atoms with van der Waals surface area (Å²) in [5.74, 6) is -5.75. The molecule has 0 amide bonds. The summed E-state index contributed by atoms with van der Waals surface area (Å²) in [4.78, 5) is 30.7. The van der Waals surface area contributed by atoms with Crippen LogP contribution in [0.3, 0.4) is 0 Å². The van der Waals surface area contributed by atoms with E-state index in [4.69, 9.17) is 0 Å². The van der Waals surface area contributed by atoms with Crippen LogP contribution in [0.2, 0.25) is 0 Å². The van der Waals surface area contributed by atoms with E-state index in [-0.39, 0.29) is 59.1 Å². The first-order valence-electron chi connectivity index (χ1n) is 3.19. The van der Waals surface area contributed by atoms with E-state index in [0.29, 0.717) is 0 Å². The molecule has 0 N–H and O–H groups in total. The maximum atomic E-state index is 10.4. The zero-order valence-corrected chi connectivity index (χ0v) is 13.1. The van der Waals surface area contributed by atoms with Crippen LogP contribution < -0.4 is 69.3 Å². The van der Waals surface area contributed by atoms with Crippen LogP contribution in [0.4, 0.5) is 0 Å². The van der Waals surface area contributed by atoms with Crippen LogP contribution in [-0.4, -0.2) is 17.9 Å². The van der Waals surface area contributed by atoms with Crippen molar-refractivity contribution in [1.29, 1.82) is 0 Å². The van der Waals surface area contributed by atoms with Crippen molar-refractivity contribution in [2.45, 2.75) is 12.8 Å². The fraction of sp³-hybridized carbons (Fsp3) is 0.500. The van der Waals surface area contributed by atoms with Crippen molar-refractivity contribution in [2.24, 2.45) is 5.92 Å². The maximum Gasteiger partial charge on any atom is 1.00 e. The Hall–Kier alpha value is 0.700. The number of carbonyl (C=O) groups excluding carboxylic acids is 3. The second-order valence-corrected chi connectivity index (χ2v) is 2.40. The minimum Gasteiger partial charge on any atom is -0.550 e. The van der Waals surface area contributed by atoms with Crippen molar-refractivity contribution in [3.8, 4) is 0 Å². The quantitative estimate of drug-likeness (QED) is 0.451. The summed E-state index contributed by atoms with van der Waals surface area (Å²) in [5, 5.41) is 20.2. The average Bonchev–Trinajstić information content (AvgIpc) is 2.02. The molecule has 0 aliphatic rings. The molecule has 0 saturated heterocycles. The molecule has 6 nitrogen and oxygen atoms in total. The predicted molar refractivity (Wildman–Crippen MR) is 34.7 cm³/mol. The molecule has 0 rings (SSSR count). The molecule has 9 heteroatoms. The molecule has 0 heterocycles. The number of aliphatic carboxylic acids is 2. The summed E-state index contributed by atoms with van der Waals surface area (Å²) in [5.41, 5.74) is 0. The molecule has 0 aromatic carbocycles. The van der Waals surface area contributed by atoms with Gasteiger partial charge in [0.25, 0.3) is 0 Å². The van der Waals surface area contributed by atoms with E-state index in [9.17, 15) is 24.6 Å². The Morgan fingerprint density at radius 3 is 1.87 bits per heavy atom. The molecular weight excluding hydrogens is 249 g/mol. The van der Waals surface area contributed by atoms with Gasteiger partial charge < -0.3 is 24.1 Å². The Bertz CT molecular complexity index is 234. The molecular formula is C6H5ClNa2O6. The van der Waals surface area contributed by atoms with Crippen LogP contribution in [0.1, 0.15) is 12.8 Å². The minimum atomic E-state index is -1.66. The first-order chi connectivity index (χ1) is 5.97. The molecule has 1 atom stereocenters. The van der Waals surface area contributed by atoms with Gasteiger partial charge in [0, 0.05) is 17.9 Å². The molecule has 0 aliphatic carbocycles. The third kappa shape index (κ3) is 11.0. The standard InChI is InChI=1S/C6H7ClO6.2Na/c7-13-5(10)2-3(6(11)12)1-4(8)9;;/h3H,1-2H2,(H,8,9)(H,11,12);;/q;2*+1/p-2. The van der Waals surface area contributed by atoms with Crippen LogP contribution in [0, 0.1) is 5.92 Å². The Kier molecular flexibility index (Phi) is 15.7. The normalized spacial score (nSPS) is 10.2. The van der Waals surface area contributed by atoms with Gasteiger partial charge >= 0.3 is 65.1 Å². The second-order valence-electron chi connectivity index (χ2n) is 2.25. The summed E-state index contributed by atoms with van der Waals surface area (Å²) in [6.45, 7) is 0. The molecule has 0 aliphatic heterocycles. The van der Waals surface area contributed by atoms with E-state index in [0.717, 1.165) is 0 Å². The molecule has 1 unspecified atom stereocenters. The molecule has 0 fully saturated rings. The van der Waals surface area contributed by atoms with Crippen molar-refractivity contribution in [1.82, 2.24) is 0 Å². The molecule has 0 aromatic heterocycles. The molecule has 0 saturated carbocycles. The Balaban J connectivity index is -0.000000720.